The molecule has 0 bridgehead atoms. The molecule has 0 aromatic carbocycles. The Morgan fingerprint density at radius 1 is 1.32 bits per heavy atom. The minimum absolute atomic E-state index is 0.142. The fourth-order valence-corrected chi connectivity index (χ4v) is 5.89. The molecule has 0 N–H and O–H groups in total. The van der Waals surface area contributed by atoms with Crippen LogP contribution >= 0.6 is 11.3 Å². The summed E-state index contributed by atoms with van der Waals surface area (Å²) in [6, 6.07) is 4.24. The largest absolute Gasteiger partial charge is 0.364 e. The predicted octanol–water partition coefficient (Wildman–Crippen LogP) is 2.28. The summed E-state index contributed by atoms with van der Waals surface area (Å²) < 4.78 is 32.3. The second kappa shape index (κ2) is 6.89. The fourth-order valence-electron chi connectivity index (χ4n) is 2.91. The van der Waals surface area contributed by atoms with Crippen molar-refractivity contribution in [2.75, 3.05) is 19.6 Å². The maximum atomic E-state index is 13.0. The number of thiophene rings is 1. The molecule has 25 heavy (non-hydrogen) atoms. The molecule has 0 radical (unpaired) electrons. The van der Waals surface area contributed by atoms with Gasteiger partial charge in [-0.25, -0.2) is 8.42 Å². The number of rotatable bonds is 5. The van der Waals surface area contributed by atoms with E-state index in [4.69, 9.17) is 4.52 Å². The molecule has 136 valence electrons. The van der Waals surface area contributed by atoms with E-state index >= 15 is 0 Å². The minimum Gasteiger partial charge on any atom is -0.364 e. The summed E-state index contributed by atoms with van der Waals surface area (Å²) in [5, 5.41) is 3.83. The molecule has 9 heteroatoms. The molecule has 0 aliphatic carbocycles. The normalized spacial score (nSPS) is 19.8. The van der Waals surface area contributed by atoms with Crippen molar-refractivity contribution >= 4 is 27.3 Å². The first-order valence-electron chi connectivity index (χ1n) is 8.12. The number of piperazine rings is 1. The number of aromatic nitrogens is 1. The number of nitrogens with zero attached hydrogens (tertiary/aromatic N) is 3. The van der Waals surface area contributed by atoms with Gasteiger partial charge in [0.1, 0.15) is 22.2 Å². The van der Waals surface area contributed by atoms with Gasteiger partial charge in [0.15, 0.2) is 0 Å². The lowest BCUT2D eigenvalue weighted by Gasteiger charge is -2.38. The minimum atomic E-state index is -3.72. The van der Waals surface area contributed by atoms with E-state index in [9.17, 15) is 13.2 Å². The standard InChI is InChI=1S/C16H21N3O4S2/c1-11(2)10-18-7-8-19(12(3)16(18)20)25(21,22)15-5-4-14(24-15)13-6-9-23-17-13/h4-6,9,11-12H,7-8,10H2,1-3H3/t12-/m0/s1. The van der Waals surface area contributed by atoms with Gasteiger partial charge in [-0.3, -0.25) is 4.79 Å². The second-order valence-electron chi connectivity index (χ2n) is 6.47. The Morgan fingerprint density at radius 3 is 2.72 bits per heavy atom. The van der Waals surface area contributed by atoms with Crippen LogP contribution in [0.2, 0.25) is 0 Å². The van der Waals surface area contributed by atoms with Crippen LogP contribution in [0, 0.1) is 5.92 Å². The Kier molecular flexibility index (Phi) is 4.99. The Balaban J connectivity index is 1.82. The van der Waals surface area contributed by atoms with E-state index in [0.29, 0.717) is 36.1 Å². The Hall–Kier alpha value is -1.71. The molecular formula is C16H21N3O4S2. The summed E-state index contributed by atoms with van der Waals surface area (Å²) in [5.41, 5.74) is 0.595. The number of carbonyl (C=O) groups is 1. The molecule has 1 aliphatic rings. The third-order valence-corrected chi connectivity index (χ3v) is 7.66. The van der Waals surface area contributed by atoms with E-state index in [1.165, 1.54) is 10.6 Å². The van der Waals surface area contributed by atoms with E-state index in [1.807, 2.05) is 13.8 Å². The Bertz CT molecular complexity index is 843. The molecule has 1 amide bonds. The number of hydrogen-bond donors (Lipinski definition) is 0. The molecule has 3 heterocycles. The van der Waals surface area contributed by atoms with Crippen molar-refractivity contribution in [2.24, 2.45) is 5.92 Å². The summed E-state index contributed by atoms with van der Waals surface area (Å²) in [4.78, 5) is 15.0. The molecule has 1 aliphatic heterocycles. The highest BCUT2D eigenvalue weighted by Crippen LogP contribution is 2.32. The molecule has 0 spiro atoms. The van der Waals surface area contributed by atoms with Gasteiger partial charge in [0.25, 0.3) is 10.0 Å². The van der Waals surface area contributed by atoms with Crippen molar-refractivity contribution in [1.82, 2.24) is 14.4 Å². The van der Waals surface area contributed by atoms with Gasteiger partial charge in [-0.15, -0.1) is 11.3 Å². The number of sulfonamides is 1. The smallest absolute Gasteiger partial charge is 0.253 e. The third kappa shape index (κ3) is 3.49. The SMILES string of the molecule is CC(C)CN1CCN(S(=O)(=O)c2ccc(-c3ccon3)s2)[C@@H](C)C1=O. The second-order valence-corrected chi connectivity index (χ2v) is 9.67. The van der Waals surface area contributed by atoms with Crippen molar-refractivity contribution in [3.63, 3.8) is 0 Å². The van der Waals surface area contributed by atoms with Crippen LogP contribution in [-0.4, -0.2) is 54.4 Å². The highest BCUT2D eigenvalue weighted by molar-refractivity contribution is 7.91. The van der Waals surface area contributed by atoms with Crippen LogP contribution in [0.5, 0.6) is 0 Å². The average Bonchev–Trinajstić information content (AvgIpc) is 3.21. The molecule has 2 aromatic heterocycles. The first-order chi connectivity index (χ1) is 11.8. The summed E-state index contributed by atoms with van der Waals surface area (Å²) in [5.74, 6) is 0.207. The maximum absolute atomic E-state index is 13.0. The van der Waals surface area contributed by atoms with Crippen molar-refractivity contribution in [3.8, 4) is 10.6 Å². The first-order valence-corrected chi connectivity index (χ1v) is 10.4. The summed E-state index contributed by atoms with van der Waals surface area (Å²) in [6.07, 6.45) is 1.44. The Morgan fingerprint density at radius 2 is 2.08 bits per heavy atom. The average molecular weight is 383 g/mol. The topological polar surface area (TPSA) is 83.7 Å². The van der Waals surface area contributed by atoms with Crippen LogP contribution in [0.4, 0.5) is 0 Å². The van der Waals surface area contributed by atoms with Gasteiger partial charge in [-0.05, 0) is 25.0 Å². The van der Waals surface area contributed by atoms with Crippen LogP contribution in [0.25, 0.3) is 10.6 Å². The van der Waals surface area contributed by atoms with E-state index in [0.717, 1.165) is 11.3 Å². The van der Waals surface area contributed by atoms with Gasteiger partial charge in [0, 0.05) is 25.7 Å². The lowest BCUT2D eigenvalue weighted by Crippen LogP contribution is -2.57. The fraction of sp³-hybridized carbons (Fsp3) is 0.500. The molecule has 2 aromatic rings. The van der Waals surface area contributed by atoms with Gasteiger partial charge in [0.2, 0.25) is 5.91 Å². The van der Waals surface area contributed by atoms with E-state index in [1.54, 1.807) is 30.0 Å². The summed E-state index contributed by atoms with van der Waals surface area (Å²) in [6.45, 7) is 7.10. The zero-order valence-electron chi connectivity index (χ0n) is 14.4. The molecule has 7 nitrogen and oxygen atoms in total. The number of carbonyl (C=O) groups excluding carboxylic acids is 1. The molecule has 1 fully saturated rings. The molecule has 1 atom stereocenters. The van der Waals surface area contributed by atoms with Crippen molar-refractivity contribution < 1.29 is 17.7 Å². The summed E-state index contributed by atoms with van der Waals surface area (Å²) >= 11 is 1.13. The molecule has 3 rings (SSSR count). The molecule has 0 saturated carbocycles. The first kappa shape index (κ1) is 18.1. The van der Waals surface area contributed by atoms with Gasteiger partial charge >= 0.3 is 0 Å². The quantitative estimate of drug-likeness (QED) is 0.791. The van der Waals surface area contributed by atoms with Crippen LogP contribution in [0.15, 0.2) is 33.2 Å². The van der Waals surface area contributed by atoms with Crippen LogP contribution in [0.1, 0.15) is 20.8 Å². The maximum Gasteiger partial charge on any atom is 0.253 e. The van der Waals surface area contributed by atoms with Crippen LogP contribution in [0.3, 0.4) is 0 Å². The zero-order chi connectivity index (χ0) is 18.2. The molecule has 0 unspecified atom stereocenters. The zero-order valence-corrected chi connectivity index (χ0v) is 16.0. The Labute approximate surface area is 151 Å². The lowest BCUT2D eigenvalue weighted by atomic mass is 10.1. The highest BCUT2D eigenvalue weighted by Gasteiger charge is 2.39. The molecule has 1 saturated heterocycles. The van der Waals surface area contributed by atoms with Crippen molar-refractivity contribution in [3.05, 3.63) is 24.5 Å². The monoisotopic (exact) mass is 383 g/mol. The number of hydrogen-bond acceptors (Lipinski definition) is 6. The molecular weight excluding hydrogens is 362 g/mol. The van der Waals surface area contributed by atoms with Gasteiger partial charge < -0.3 is 9.42 Å². The van der Waals surface area contributed by atoms with Gasteiger partial charge in [-0.2, -0.15) is 4.31 Å². The van der Waals surface area contributed by atoms with E-state index < -0.39 is 16.1 Å². The van der Waals surface area contributed by atoms with Crippen molar-refractivity contribution in [2.45, 2.75) is 31.0 Å². The lowest BCUT2D eigenvalue weighted by molar-refractivity contribution is -0.138. The van der Waals surface area contributed by atoms with E-state index in [2.05, 4.69) is 5.16 Å². The van der Waals surface area contributed by atoms with E-state index in [-0.39, 0.29) is 10.1 Å². The highest BCUT2D eigenvalue weighted by atomic mass is 32.2. The van der Waals surface area contributed by atoms with Crippen molar-refractivity contribution in [1.29, 1.82) is 0 Å². The van der Waals surface area contributed by atoms with Crippen LogP contribution in [-0.2, 0) is 14.8 Å². The van der Waals surface area contributed by atoms with Gasteiger partial charge in [-0.1, -0.05) is 19.0 Å². The van der Waals surface area contributed by atoms with Crippen LogP contribution < -0.4 is 0 Å². The summed E-state index contributed by atoms with van der Waals surface area (Å²) in [7, 11) is -3.72. The van der Waals surface area contributed by atoms with Gasteiger partial charge in [0.05, 0.1) is 4.88 Å². The number of amides is 1. The third-order valence-electron chi connectivity index (χ3n) is 4.11. The predicted molar refractivity (Wildman–Crippen MR) is 94.6 cm³/mol.